The highest BCUT2D eigenvalue weighted by molar-refractivity contribution is 6.06. The smallest absolute Gasteiger partial charge is 0.160 e. The maximum atomic E-state index is 6.25. The molecule has 0 amide bonds. The van der Waals surface area contributed by atoms with Crippen molar-refractivity contribution in [2.45, 2.75) is 5.41 Å². The fourth-order valence-electron chi connectivity index (χ4n) is 10.7. The van der Waals surface area contributed by atoms with E-state index in [-0.39, 0.29) is 0 Å². The van der Waals surface area contributed by atoms with Crippen molar-refractivity contribution in [1.29, 1.82) is 0 Å². The van der Waals surface area contributed by atoms with Gasteiger partial charge in [-0.05, 0) is 115 Å². The van der Waals surface area contributed by atoms with Crippen LogP contribution in [0.1, 0.15) is 22.3 Å². The van der Waals surface area contributed by atoms with Gasteiger partial charge in [0.15, 0.2) is 5.82 Å². The van der Waals surface area contributed by atoms with Gasteiger partial charge < -0.3 is 4.42 Å². The molecule has 0 radical (unpaired) electrons. The third kappa shape index (κ3) is 6.51. The second-order valence-corrected chi connectivity index (χ2v) is 17.6. The number of benzene rings is 10. The molecule has 0 fully saturated rings. The summed E-state index contributed by atoms with van der Waals surface area (Å²) < 4.78 is 6.25. The summed E-state index contributed by atoms with van der Waals surface area (Å²) in [5.74, 6) is 0.669. The zero-order chi connectivity index (χ0) is 45.0. The van der Waals surface area contributed by atoms with Gasteiger partial charge in [-0.2, -0.15) is 0 Å². The van der Waals surface area contributed by atoms with E-state index in [0.29, 0.717) is 5.82 Å². The Morgan fingerprint density at radius 3 is 1.54 bits per heavy atom. The Morgan fingerprint density at radius 2 is 0.809 bits per heavy atom. The van der Waals surface area contributed by atoms with Crippen molar-refractivity contribution >= 4 is 21.9 Å². The van der Waals surface area contributed by atoms with Crippen molar-refractivity contribution < 1.29 is 4.42 Å². The minimum atomic E-state index is -0.515. The molecule has 2 heterocycles. The number of fused-ring (bicyclic) bond motifs is 6. The first-order chi connectivity index (χ1) is 33.7. The van der Waals surface area contributed by atoms with Gasteiger partial charge in [0, 0.05) is 27.5 Å². The van der Waals surface area contributed by atoms with Crippen molar-refractivity contribution in [2.24, 2.45) is 0 Å². The minimum absolute atomic E-state index is 0.515. The number of rotatable bonds is 8. The SMILES string of the molecule is c1ccc(-c2cc(-c3ccc4oc5ccccc5c4c3)cc(-c3cc(-c4ccccc4-c4ccc5c(c4)C(c4ccccc4)(c4ccccc4)c4ccccc4-5)nc(-c4ccccc4)n3)c2)cc1. The number of nitrogens with zero attached hydrogens (tertiary/aromatic N) is 2. The first kappa shape index (κ1) is 39.4. The monoisotopic (exact) mass is 866 g/mol. The van der Waals surface area contributed by atoms with Gasteiger partial charge in [0.25, 0.3) is 0 Å². The Morgan fingerprint density at radius 1 is 0.279 bits per heavy atom. The number of aromatic nitrogens is 2. The number of furan rings is 1. The molecule has 12 aromatic rings. The lowest BCUT2D eigenvalue weighted by Crippen LogP contribution is -2.28. The van der Waals surface area contributed by atoms with Crippen molar-refractivity contribution in [3.63, 3.8) is 0 Å². The van der Waals surface area contributed by atoms with Crippen molar-refractivity contribution in [2.75, 3.05) is 0 Å². The quantitative estimate of drug-likeness (QED) is 0.153. The van der Waals surface area contributed by atoms with Crippen LogP contribution < -0.4 is 0 Å². The molecule has 3 heteroatoms. The molecule has 1 aliphatic rings. The Kier molecular flexibility index (Phi) is 9.40. The Hall–Kier alpha value is -8.92. The van der Waals surface area contributed by atoms with Gasteiger partial charge >= 0.3 is 0 Å². The molecule has 3 nitrogen and oxygen atoms in total. The summed E-state index contributed by atoms with van der Waals surface area (Å²) in [4.78, 5) is 10.8. The minimum Gasteiger partial charge on any atom is -0.456 e. The van der Waals surface area contributed by atoms with Gasteiger partial charge in [0.05, 0.1) is 16.8 Å². The summed E-state index contributed by atoms with van der Waals surface area (Å²) in [7, 11) is 0. The van der Waals surface area contributed by atoms with E-state index in [2.05, 4.69) is 237 Å². The van der Waals surface area contributed by atoms with Gasteiger partial charge in [0.1, 0.15) is 11.2 Å². The average molecular weight is 867 g/mol. The van der Waals surface area contributed by atoms with Crippen LogP contribution >= 0.6 is 0 Å². The number of hydrogen-bond donors (Lipinski definition) is 0. The summed E-state index contributed by atoms with van der Waals surface area (Å²) in [6.07, 6.45) is 0. The highest BCUT2D eigenvalue weighted by Gasteiger charge is 2.46. The first-order valence-corrected chi connectivity index (χ1v) is 23.2. The van der Waals surface area contributed by atoms with Crippen molar-refractivity contribution in [1.82, 2.24) is 9.97 Å². The van der Waals surface area contributed by atoms with E-state index in [4.69, 9.17) is 14.4 Å². The molecular formula is C65H42N2O. The molecule has 0 atom stereocenters. The lowest BCUT2D eigenvalue weighted by Gasteiger charge is -2.34. The molecule has 0 N–H and O–H groups in total. The highest BCUT2D eigenvalue weighted by Crippen LogP contribution is 2.57. The second kappa shape index (κ2) is 16.2. The highest BCUT2D eigenvalue weighted by atomic mass is 16.3. The largest absolute Gasteiger partial charge is 0.456 e. The zero-order valence-corrected chi connectivity index (χ0v) is 37.1. The van der Waals surface area contributed by atoms with Crippen molar-refractivity contribution in [3.8, 4) is 78.4 Å². The molecule has 1 aliphatic carbocycles. The lowest BCUT2D eigenvalue weighted by atomic mass is 9.67. The fraction of sp³-hybridized carbons (Fsp3) is 0.0154. The second-order valence-electron chi connectivity index (χ2n) is 17.6. The van der Waals surface area contributed by atoms with Gasteiger partial charge in [-0.15, -0.1) is 0 Å². The lowest BCUT2D eigenvalue weighted by molar-refractivity contribution is 0.669. The van der Waals surface area contributed by atoms with E-state index >= 15 is 0 Å². The molecule has 13 rings (SSSR count). The van der Waals surface area contributed by atoms with Gasteiger partial charge in [-0.25, -0.2) is 9.97 Å². The first-order valence-electron chi connectivity index (χ1n) is 23.2. The van der Waals surface area contributed by atoms with Crippen LogP contribution in [0.15, 0.2) is 259 Å². The summed E-state index contributed by atoms with van der Waals surface area (Å²) >= 11 is 0. The topological polar surface area (TPSA) is 38.9 Å². The van der Waals surface area contributed by atoms with E-state index in [1.54, 1.807) is 0 Å². The van der Waals surface area contributed by atoms with E-state index < -0.39 is 5.41 Å². The van der Waals surface area contributed by atoms with E-state index in [9.17, 15) is 0 Å². The fourth-order valence-corrected chi connectivity index (χ4v) is 10.7. The van der Waals surface area contributed by atoms with Gasteiger partial charge in [-0.3, -0.25) is 0 Å². The molecule has 0 aliphatic heterocycles. The average Bonchev–Trinajstić information content (AvgIpc) is 3.95. The van der Waals surface area contributed by atoms with Crippen LogP contribution in [0, 0.1) is 0 Å². The molecule has 0 unspecified atom stereocenters. The van der Waals surface area contributed by atoms with E-state index in [0.717, 1.165) is 83.4 Å². The molecule has 68 heavy (non-hydrogen) atoms. The van der Waals surface area contributed by atoms with E-state index in [1.807, 2.05) is 18.2 Å². The number of hydrogen-bond acceptors (Lipinski definition) is 3. The van der Waals surface area contributed by atoms with Crippen LogP contribution in [0.3, 0.4) is 0 Å². The third-order valence-electron chi connectivity index (χ3n) is 13.8. The summed E-state index contributed by atoms with van der Waals surface area (Å²) in [6, 6.07) is 91.4. The standard InChI is InChI=1S/C65H42N2O/c1-5-19-43(20-6-1)47-37-48(45-34-36-63-57(40-45)56-30-16-18-32-62(56)68-63)39-49(38-47)60-42-61(67-64(66-60)44-21-7-2-8-22-44)55-29-14-13-27-52(55)46-33-35-54-53-28-15-17-31-58(53)65(59(54)41-46,50-23-9-3-10-24-50)51-25-11-4-12-26-51/h1-42H. The third-order valence-corrected chi connectivity index (χ3v) is 13.8. The van der Waals surface area contributed by atoms with Crippen LogP contribution in [0.25, 0.3) is 100 Å². The van der Waals surface area contributed by atoms with Crippen molar-refractivity contribution in [3.05, 3.63) is 277 Å². The van der Waals surface area contributed by atoms with Crippen LogP contribution in [0.4, 0.5) is 0 Å². The maximum absolute atomic E-state index is 6.25. The van der Waals surface area contributed by atoms with E-state index in [1.165, 1.54) is 33.4 Å². The Labute approximate surface area is 395 Å². The molecule has 0 spiro atoms. The molecule has 2 aromatic heterocycles. The summed E-state index contributed by atoms with van der Waals surface area (Å²) in [5, 5.41) is 2.20. The summed E-state index contributed by atoms with van der Waals surface area (Å²) in [6.45, 7) is 0. The maximum Gasteiger partial charge on any atom is 0.160 e. The Bertz CT molecular complexity index is 3800. The Balaban J connectivity index is 1.01. The summed E-state index contributed by atoms with van der Waals surface area (Å²) in [5.41, 5.74) is 20.1. The van der Waals surface area contributed by atoms with Gasteiger partial charge in [0.2, 0.25) is 0 Å². The van der Waals surface area contributed by atoms with Gasteiger partial charge in [-0.1, -0.05) is 206 Å². The molecule has 0 saturated carbocycles. The zero-order valence-electron chi connectivity index (χ0n) is 37.1. The molecule has 0 saturated heterocycles. The number of para-hydroxylation sites is 1. The van der Waals surface area contributed by atoms with Crippen LogP contribution in [0.5, 0.6) is 0 Å². The normalized spacial score (nSPS) is 12.5. The van der Waals surface area contributed by atoms with Crippen LogP contribution in [0.2, 0.25) is 0 Å². The molecule has 318 valence electrons. The predicted molar refractivity (Wildman–Crippen MR) is 279 cm³/mol. The van der Waals surface area contributed by atoms with Crippen LogP contribution in [-0.2, 0) is 5.41 Å². The molecule has 0 bridgehead atoms. The van der Waals surface area contributed by atoms with Crippen LogP contribution in [-0.4, -0.2) is 9.97 Å². The predicted octanol–water partition coefficient (Wildman–Crippen LogP) is 16.7. The molecule has 10 aromatic carbocycles. The molecular weight excluding hydrogens is 825 g/mol.